The number of nitrogens with zero attached hydrogens (tertiary/aromatic N) is 2. The van der Waals surface area contributed by atoms with E-state index in [1.165, 1.54) is 19.2 Å². The number of ether oxygens (including phenoxy) is 2. The average molecular weight is 356 g/mol. The molecule has 3 rings (SSSR count). The van der Waals surface area contributed by atoms with Crippen LogP contribution in [0, 0.1) is 10.1 Å². The zero-order valence-corrected chi connectivity index (χ0v) is 14.7. The van der Waals surface area contributed by atoms with E-state index in [0.717, 1.165) is 11.3 Å². The van der Waals surface area contributed by atoms with E-state index >= 15 is 0 Å². The molecule has 0 radical (unpaired) electrons. The van der Waals surface area contributed by atoms with Crippen LogP contribution in [-0.4, -0.2) is 37.7 Å². The molecule has 0 aromatic heterocycles. The third kappa shape index (κ3) is 3.39. The lowest BCUT2D eigenvalue weighted by Crippen LogP contribution is -2.48. The van der Waals surface area contributed by atoms with Gasteiger partial charge in [-0.2, -0.15) is 0 Å². The summed E-state index contributed by atoms with van der Waals surface area (Å²) in [7, 11) is 1.21. The Balaban J connectivity index is 1.93. The van der Waals surface area contributed by atoms with E-state index in [4.69, 9.17) is 9.47 Å². The van der Waals surface area contributed by atoms with E-state index in [2.05, 4.69) is 4.90 Å². The van der Waals surface area contributed by atoms with Crippen LogP contribution in [0.25, 0.3) is 0 Å². The maximum atomic E-state index is 12.0. The number of morpholine rings is 1. The Morgan fingerprint density at radius 2 is 2.00 bits per heavy atom. The second kappa shape index (κ2) is 7.13. The smallest absolute Gasteiger partial charge is 0.344 e. The van der Waals surface area contributed by atoms with Gasteiger partial charge in [0, 0.05) is 18.3 Å². The van der Waals surface area contributed by atoms with Crippen LogP contribution in [0.2, 0.25) is 0 Å². The average Bonchev–Trinajstić information content (AvgIpc) is 2.67. The van der Waals surface area contributed by atoms with Crippen molar-refractivity contribution in [3.05, 3.63) is 69.8 Å². The lowest BCUT2D eigenvalue weighted by atomic mass is 9.93. The molecule has 0 amide bonds. The van der Waals surface area contributed by atoms with Crippen LogP contribution in [-0.2, 0) is 15.1 Å². The molecule has 1 atom stereocenters. The van der Waals surface area contributed by atoms with E-state index in [1.54, 1.807) is 6.07 Å². The highest BCUT2D eigenvalue weighted by atomic mass is 16.6. The third-order valence-corrected chi connectivity index (χ3v) is 4.61. The minimum atomic E-state index is -0.724. The number of carbonyl (C=O) groups is 1. The van der Waals surface area contributed by atoms with Crippen LogP contribution in [0.5, 0.6) is 0 Å². The van der Waals surface area contributed by atoms with Crippen LogP contribution in [0.3, 0.4) is 0 Å². The van der Waals surface area contributed by atoms with Crippen molar-refractivity contribution >= 4 is 17.3 Å². The SMILES string of the molecule is COC(=O)c1cc(N2CCOC(C)(c3ccccc3)C2)ccc1[N+](=O)[O-]. The predicted octanol–water partition coefficient (Wildman–Crippen LogP) is 3.13. The molecule has 1 aliphatic rings. The molecule has 7 nitrogen and oxygen atoms in total. The summed E-state index contributed by atoms with van der Waals surface area (Å²) in [5.74, 6) is -0.724. The molecule has 0 N–H and O–H groups in total. The Morgan fingerprint density at radius 3 is 2.65 bits per heavy atom. The van der Waals surface area contributed by atoms with Crippen molar-refractivity contribution in [2.45, 2.75) is 12.5 Å². The zero-order valence-electron chi connectivity index (χ0n) is 14.7. The Kier molecular flexibility index (Phi) is 4.90. The molecule has 1 heterocycles. The fraction of sp³-hybridized carbons (Fsp3) is 0.316. The summed E-state index contributed by atoms with van der Waals surface area (Å²) in [6, 6.07) is 14.4. The van der Waals surface area contributed by atoms with Gasteiger partial charge in [0.05, 0.1) is 25.2 Å². The Bertz CT molecular complexity index is 824. The topological polar surface area (TPSA) is 81.9 Å². The minimum Gasteiger partial charge on any atom is -0.465 e. The molecule has 0 aliphatic carbocycles. The monoisotopic (exact) mass is 356 g/mol. The van der Waals surface area contributed by atoms with Crippen molar-refractivity contribution in [1.82, 2.24) is 0 Å². The van der Waals surface area contributed by atoms with Crippen molar-refractivity contribution in [3.8, 4) is 0 Å². The summed E-state index contributed by atoms with van der Waals surface area (Å²) >= 11 is 0. The highest BCUT2D eigenvalue weighted by Gasteiger charge is 2.34. The lowest BCUT2D eigenvalue weighted by Gasteiger charge is -2.42. The quantitative estimate of drug-likeness (QED) is 0.475. The Labute approximate surface area is 151 Å². The van der Waals surface area contributed by atoms with Gasteiger partial charge in [0.25, 0.3) is 5.69 Å². The number of benzene rings is 2. The van der Waals surface area contributed by atoms with Gasteiger partial charge in [0.15, 0.2) is 0 Å². The van der Waals surface area contributed by atoms with Gasteiger partial charge in [-0.15, -0.1) is 0 Å². The first kappa shape index (κ1) is 17.9. The summed E-state index contributed by atoms with van der Waals surface area (Å²) in [6.07, 6.45) is 0. The molecule has 7 heteroatoms. The van der Waals surface area contributed by atoms with Gasteiger partial charge in [-0.05, 0) is 24.6 Å². The molecule has 0 bridgehead atoms. The van der Waals surface area contributed by atoms with Crippen molar-refractivity contribution in [2.24, 2.45) is 0 Å². The normalized spacial score (nSPS) is 19.8. The van der Waals surface area contributed by atoms with Crippen LogP contribution < -0.4 is 4.90 Å². The van der Waals surface area contributed by atoms with Gasteiger partial charge in [-0.1, -0.05) is 30.3 Å². The van der Waals surface area contributed by atoms with Crippen molar-refractivity contribution in [3.63, 3.8) is 0 Å². The number of carbonyl (C=O) groups excluding carboxylic acids is 1. The summed E-state index contributed by atoms with van der Waals surface area (Å²) in [5, 5.41) is 11.2. The maximum absolute atomic E-state index is 12.0. The summed E-state index contributed by atoms with van der Waals surface area (Å²) in [5.41, 5.74) is 0.955. The minimum absolute atomic E-state index is 0.0529. The number of nitro groups is 1. The molecule has 136 valence electrons. The van der Waals surface area contributed by atoms with E-state index in [9.17, 15) is 14.9 Å². The number of anilines is 1. The predicted molar refractivity (Wildman–Crippen MR) is 96.4 cm³/mol. The van der Waals surface area contributed by atoms with Gasteiger partial charge in [-0.3, -0.25) is 10.1 Å². The molecule has 1 unspecified atom stereocenters. The Morgan fingerprint density at radius 1 is 1.27 bits per heavy atom. The standard InChI is InChI=1S/C19H20N2O5/c1-19(14-6-4-3-5-7-14)13-20(10-11-26-19)15-8-9-17(21(23)24)16(12-15)18(22)25-2/h3-9,12H,10-11,13H2,1-2H3. The molecule has 2 aromatic rings. The molecular formula is C19H20N2O5. The first-order valence-electron chi connectivity index (χ1n) is 8.26. The van der Waals surface area contributed by atoms with E-state index < -0.39 is 16.5 Å². The highest BCUT2D eigenvalue weighted by molar-refractivity contribution is 5.95. The number of hydrogen-bond donors (Lipinski definition) is 0. The molecule has 1 saturated heterocycles. The molecule has 2 aromatic carbocycles. The van der Waals surface area contributed by atoms with Crippen LogP contribution in [0.4, 0.5) is 11.4 Å². The first-order chi connectivity index (χ1) is 12.4. The number of methoxy groups -OCH3 is 1. The number of rotatable bonds is 4. The van der Waals surface area contributed by atoms with Crippen molar-refractivity contribution in [2.75, 3.05) is 31.7 Å². The van der Waals surface area contributed by atoms with E-state index in [0.29, 0.717) is 19.7 Å². The summed E-state index contributed by atoms with van der Waals surface area (Å²) in [6.45, 7) is 3.72. The molecule has 0 saturated carbocycles. The van der Waals surface area contributed by atoms with E-state index in [-0.39, 0.29) is 11.3 Å². The second-order valence-electron chi connectivity index (χ2n) is 6.32. The fourth-order valence-electron chi connectivity index (χ4n) is 3.21. The molecule has 1 fully saturated rings. The van der Waals surface area contributed by atoms with Crippen LogP contribution in [0.15, 0.2) is 48.5 Å². The molecule has 0 spiro atoms. The van der Waals surface area contributed by atoms with Gasteiger partial charge in [0.2, 0.25) is 0 Å². The van der Waals surface area contributed by atoms with Crippen LogP contribution >= 0.6 is 0 Å². The molecule has 1 aliphatic heterocycles. The van der Waals surface area contributed by atoms with Gasteiger partial charge in [0.1, 0.15) is 11.2 Å². The highest BCUT2D eigenvalue weighted by Crippen LogP contribution is 2.33. The maximum Gasteiger partial charge on any atom is 0.344 e. The molecule has 26 heavy (non-hydrogen) atoms. The third-order valence-electron chi connectivity index (χ3n) is 4.61. The second-order valence-corrected chi connectivity index (χ2v) is 6.32. The van der Waals surface area contributed by atoms with Crippen molar-refractivity contribution in [1.29, 1.82) is 0 Å². The van der Waals surface area contributed by atoms with Gasteiger partial charge in [-0.25, -0.2) is 4.79 Å². The van der Waals surface area contributed by atoms with Crippen LogP contribution in [0.1, 0.15) is 22.8 Å². The fourth-order valence-corrected chi connectivity index (χ4v) is 3.21. The largest absolute Gasteiger partial charge is 0.465 e. The number of esters is 1. The number of nitro benzene ring substituents is 1. The van der Waals surface area contributed by atoms with Gasteiger partial charge >= 0.3 is 5.97 Å². The number of hydrogen-bond acceptors (Lipinski definition) is 6. The Hall–Kier alpha value is -2.93. The van der Waals surface area contributed by atoms with E-state index in [1.807, 2.05) is 37.3 Å². The first-order valence-corrected chi connectivity index (χ1v) is 8.26. The van der Waals surface area contributed by atoms with Gasteiger partial charge < -0.3 is 14.4 Å². The summed E-state index contributed by atoms with van der Waals surface area (Å²) < 4.78 is 10.7. The summed E-state index contributed by atoms with van der Waals surface area (Å²) in [4.78, 5) is 24.6. The van der Waals surface area contributed by atoms with Crippen molar-refractivity contribution < 1.29 is 19.2 Å². The zero-order chi connectivity index (χ0) is 18.7. The lowest BCUT2D eigenvalue weighted by molar-refractivity contribution is -0.385. The molecular weight excluding hydrogens is 336 g/mol.